The molecule has 2 rings (SSSR count). The van der Waals surface area contributed by atoms with Crippen molar-refractivity contribution in [3.05, 3.63) is 46.8 Å². The molecule has 0 atom stereocenters. The number of allylic oxidation sites excluding steroid dienone is 2. The normalized spacial score (nSPS) is 14.3. The number of halogens is 1. The van der Waals surface area contributed by atoms with Crippen LogP contribution in [-0.4, -0.2) is 29.8 Å². The molecule has 1 aromatic rings. The number of ether oxygens (including phenoxy) is 1. The fourth-order valence-electron chi connectivity index (χ4n) is 1.91. The van der Waals surface area contributed by atoms with Gasteiger partial charge in [0.25, 0.3) is 0 Å². The first-order valence-corrected chi connectivity index (χ1v) is 6.37. The minimum atomic E-state index is -1.01. The lowest BCUT2D eigenvalue weighted by Gasteiger charge is -2.24. The Morgan fingerprint density at radius 1 is 1.27 bits per heavy atom. The van der Waals surface area contributed by atoms with Gasteiger partial charge >= 0.3 is 6.03 Å². The lowest BCUT2D eigenvalue weighted by molar-refractivity contribution is -0.117. The van der Waals surface area contributed by atoms with E-state index in [4.69, 9.17) is 22.1 Å². The van der Waals surface area contributed by atoms with Gasteiger partial charge in [0.15, 0.2) is 5.76 Å². The molecule has 2 amide bonds. The summed E-state index contributed by atoms with van der Waals surface area (Å²) in [5.41, 5.74) is 5.10. The van der Waals surface area contributed by atoms with Gasteiger partial charge in [0.05, 0.1) is 17.8 Å². The first kappa shape index (κ1) is 15.6. The van der Waals surface area contributed by atoms with E-state index in [-0.39, 0.29) is 27.9 Å². The summed E-state index contributed by atoms with van der Waals surface area (Å²) in [6, 6.07) is 2.74. The number of primary amides is 1. The highest BCUT2D eigenvalue weighted by Gasteiger charge is 2.30. The number of phenols is 1. The summed E-state index contributed by atoms with van der Waals surface area (Å²) in [7, 11) is 1.25. The van der Waals surface area contributed by atoms with Gasteiger partial charge < -0.3 is 15.6 Å². The highest BCUT2D eigenvalue weighted by Crippen LogP contribution is 2.32. The zero-order valence-corrected chi connectivity index (χ0v) is 12.1. The third-order valence-electron chi connectivity index (χ3n) is 2.88. The van der Waals surface area contributed by atoms with Crippen molar-refractivity contribution >= 4 is 34.9 Å². The topological polar surface area (TPSA) is 110 Å². The van der Waals surface area contributed by atoms with Gasteiger partial charge in [0.2, 0.25) is 11.6 Å². The summed E-state index contributed by atoms with van der Waals surface area (Å²) >= 11 is 5.95. The number of phenolic OH excluding ortho intramolecular Hbond substituents is 1. The molecule has 1 aliphatic carbocycles. The van der Waals surface area contributed by atoms with Gasteiger partial charge in [-0.25, -0.2) is 4.79 Å². The summed E-state index contributed by atoms with van der Waals surface area (Å²) in [4.78, 5) is 36.4. The number of hydrogen-bond acceptors (Lipinski definition) is 5. The Hall–Kier alpha value is -2.80. The number of nitrogens with zero attached hydrogens (tertiary/aromatic N) is 1. The Morgan fingerprint density at radius 3 is 2.50 bits per heavy atom. The summed E-state index contributed by atoms with van der Waals surface area (Å²) in [5.74, 6) is -1.49. The van der Waals surface area contributed by atoms with Gasteiger partial charge in [-0.3, -0.25) is 14.5 Å². The van der Waals surface area contributed by atoms with Gasteiger partial charge in [-0.2, -0.15) is 0 Å². The zero-order chi connectivity index (χ0) is 16.4. The predicted molar refractivity (Wildman–Crippen MR) is 78.4 cm³/mol. The molecule has 3 N–H and O–H groups in total. The average molecular weight is 323 g/mol. The number of anilines is 1. The van der Waals surface area contributed by atoms with Crippen molar-refractivity contribution in [1.29, 1.82) is 0 Å². The quantitative estimate of drug-likeness (QED) is 0.819. The number of nitrogens with two attached hydrogens (primary N) is 1. The van der Waals surface area contributed by atoms with Gasteiger partial charge in [0, 0.05) is 18.2 Å². The first-order chi connectivity index (χ1) is 10.3. The predicted octanol–water partition coefficient (Wildman–Crippen LogP) is 1.50. The third-order valence-corrected chi connectivity index (χ3v) is 3.18. The van der Waals surface area contributed by atoms with Crippen LogP contribution in [0.1, 0.15) is 0 Å². The van der Waals surface area contributed by atoms with E-state index in [2.05, 4.69) is 0 Å². The molecule has 0 saturated heterocycles. The molecule has 0 fully saturated rings. The van der Waals surface area contributed by atoms with Crippen molar-refractivity contribution in [2.24, 2.45) is 5.73 Å². The van der Waals surface area contributed by atoms with Crippen molar-refractivity contribution in [1.82, 2.24) is 0 Å². The molecule has 0 aliphatic heterocycles. The van der Waals surface area contributed by atoms with Crippen molar-refractivity contribution in [3.8, 4) is 5.75 Å². The van der Waals surface area contributed by atoms with E-state index in [0.29, 0.717) is 0 Å². The Balaban J connectivity index is 2.52. The second-order valence-corrected chi connectivity index (χ2v) is 4.69. The Labute approximate surface area is 130 Å². The highest BCUT2D eigenvalue weighted by atomic mass is 35.5. The van der Waals surface area contributed by atoms with Crippen LogP contribution in [0.2, 0.25) is 5.02 Å². The van der Waals surface area contributed by atoms with Crippen LogP contribution < -0.4 is 10.6 Å². The van der Waals surface area contributed by atoms with Crippen LogP contribution in [0.5, 0.6) is 5.75 Å². The molecule has 7 nitrogen and oxygen atoms in total. The largest absolute Gasteiger partial charge is 0.508 e. The van der Waals surface area contributed by atoms with Crippen LogP contribution in [0, 0.1) is 0 Å². The SMILES string of the molecule is COC1=CC(=O)C(N(C(N)=O)c2ccc(O)cc2Cl)=CC1=O. The number of carbonyl (C=O) groups is 3. The highest BCUT2D eigenvalue weighted by molar-refractivity contribution is 6.34. The fourth-order valence-corrected chi connectivity index (χ4v) is 2.17. The van der Waals surface area contributed by atoms with Crippen molar-refractivity contribution in [2.75, 3.05) is 12.0 Å². The lowest BCUT2D eigenvalue weighted by Crippen LogP contribution is -2.39. The molecule has 0 aromatic heterocycles. The first-order valence-electron chi connectivity index (χ1n) is 5.99. The number of methoxy groups -OCH3 is 1. The maximum Gasteiger partial charge on any atom is 0.324 e. The van der Waals surface area contributed by atoms with E-state index in [0.717, 1.165) is 17.1 Å². The standard InChI is InChI=1S/C14H11ClN2O5/c1-22-13-6-11(19)10(5-12(13)20)17(14(16)21)9-3-2-7(18)4-8(9)15/h2-6,18H,1H3,(H2,16,21). The molecular formula is C14H11ClN2O5. The minimum Gasteiger partial charge on any atom is -0.508 e. The number of hydrogen-bond donors (Lipinski definition) is 2. The summed E-state index contributed by atoms with van der Waals surface area (Å²) in [5, 5.41) is 9.34. The summed E-state index contributed by atoms with van der Waals surface area (Å²) in [6.07, 6.45) is 1.90. The molecule has 8 heteroatoms. The maximum absolute atomic E-state index is 12.1. The maximum atomic E-state index is 12.1. The van der Waals surface area contributed by atoms with Gasteiger partial charge in [-0.15, -0.1) is 0 Å². The van der Waals surface area contributed by atoms with Crippen LogP contribution in [-0.2, 0) is 14.3 Å². The molecule has 114 valence electrons. The van der Waals surface area contributed by atoms with Crippen molar-refractivity contribution in [3.63, 3.8) is 0 Å². The van der Waals surface area contributed by atoms with E-state index in [1.54, 1.807) is 0 Å². The van der Waals surface area contributed by atoms with Gasteiger partial charge in [-0.1, -0.05) is 11.6 Å². The van der Waals surface area contributed by atoms with E-state index < -0.39 is 17.6 Å². The number of carbonyl (C=O) groups excluding carboxylic acids is 3. The van der Waals surface area contributed by atoms with Gasteiger partial charge in [-0.05, 0) is 12.1 Å². The monoisotopic (exact) mass is 322 g/mol. The average Bonchev–Trinajstić information content (AvgIpc) is 2.44. The molecule has 0 unspecified atom stereocenters. The molecule has 0 saturated carbocycles. The second-order valence-electron chi connectivity index (χ2n) is 4.28. The van der Waals surface area contributed by atoms with Crippen LogP contribution in [0.25, 0.3) is 0 Å². The Bertz CT molecular complexity index is 739. The molecular weight excluding hydrogens is 312 g/mol. The van der Waals surface area contributed by atoms with Crippen LogP contribution in [0.3, 0.4) is 0 Å². The number of ketones is 2. The van der Waals surface area contributed by atoms with Crippen LogP contribution in [0.4, 0.5) is 10.5 Å². The molecule has 1 aliphatic rings. The number of aromatic hydroxyl groups is 1. The Morgan fingerprint density at radius 2 is 1.95 bits per heavy atom. The second kappa shape index (κ2) is 5.90. The zero-order valence-electron chi connectivity index (χ0n) is 11.4. The smallest absolute Gasteiger partial charge is 0.324 e. The number of urea groups is 1. The van der Waals surface area contributed by atoms with E-state index >= 15 is 0 Å². The summed E-state index contributed by atoms with van der Waals surface area (Å²) in [6.45, 7) is 0. The van der Waals surface area contributed by atoms with E-state index in [1.165, 1.54) is 25.3 Å². The molecule has 0 spiro atoms. The third kappa shape index (κ3) is 2.79. The summed E-state index contributed by atoms with van der Waals surface area (Å²) < 4.78 is 4.76. The van der Waals surface area contributed by atoms with Crippen molar-refractivity contribution < 1.29 is 24.2 Å². The Kier molecular flexibility index (Phi) is 4.18. The van der Waals surface area contributed by atoms with Crippen LogP contribution in [0.15, 0.2) is 41.8 Å². The minimum absolute atomic E-state index is 0.0125. The van der Waals surface area contributed by atoms with E-state index in [9.17, 15) is 19.5 Å². The molecule has 22 heavy (non-hydrogen) atoms. The number of benzene rings is 1. The number of rotatable bonds is 3. The molecule has 0 bridgehead atoms. The molecule has 0 heterocycles. The molecule has 0 radical (unpaired) electrons. The lowest BCUT2D eigenvalue weighted by atomic mass is 10.1. The van der Waals surface area contributed by atoms with Crippen molar-refractivity contribution in [2.45, 2.75) is 0 Å². The molecule has 1 aromatic carbocycles. The number of amides is 2. The van der Waals surface area contributed by atoms with Crippen LogP contribution >= 0.6 is 11.6 Å². The van der Waals surface area contributed by atoms with E-state index in [1.807, 2.05) is 0 Å². The van der Waals surface area contributed by atoms with Gasteiger partial charge in [0.1, 0.15) is 11.4 Å². The fraction of sp³-hybridized carbons (Fsp3) is 0.0714.